The Balaban J connectivity index is 1.62. The fraction of sp³-hybridized carbons (Fsp3) is 0.353. The zero-order valence-electron chi connectivity index (χ0n) is 13.8. The minimum absolute atomic E-state index is 0.0163. The highest BCUT2D eigenvalue weighted by Crippen LogP contribution is 2.36. The van der Waals surface area contributed by atoms with Gasteiger partial charge in [-0.3, -0.25) is 9.48 Å². The average molecular weight is 327 g/mol. The van der Waals surface area contributed by atoms with Gasteiger partial charge in [0.15, 0.2) is 0 Å². The largest absolute Gasteiger partial charge is 0.338 e. The fourth-order valence-corrected chi connectivity index (χ4v) is 3.17. The number of hydrogen-bond donors (Lipinski definition) is 2. The third kappa shape index (κ3) is 3.40. The molecular formula is C17H21N5O2. The summed E-state index contributed by atoms with van der Waals surface area (Å²) in [6.07, 6.45) is 3.74. The van der Waals surface area contributed by atoms with Gasteiger partial charge in [0.05, 0.1) is 17.9 Å². The fourth-order valence-electron chi connectivity index (χ4n) is 3.17. The van der Waals surface area contributed by atoms with Crippen molar-refractivity contribution < 1.29 is 9.59 Å². The van der Waals surface area contributed by atoms with Crippen LogP contribution in [0.5, 0.6) is 0 Å². The van der Waals surface area contributed by atoms with Crippen LogP contribution in [-0.2, 0) is 11.8 Å². The van der Waals surface area contributed by atoms with Crippen molar-refractivity contribution in [2.45, 2.75) is 12.5 Å². The van der Waals surface area contributed by atoms with E-state index in [1.54, 1.807) is 29.0 Å². The maximum absolute atomic E-state index is 12.1. The second kappa shape index (κ2) is 6.74. The maximum atomic E-state index is 12.1. The number of amides is 3. The number of carbonyl (C=O) groups is 2. The van der Waals surface area contributed by atoms with Crippen molar-refractivity contribution in [2.24, 2.45) is 13.0 Å². The Morgan fingerprint density at radius 2 is 2.04 bits per heavy atom. The topological polar surface area (TPSA) is 79.3 Å². The zero-order chi connectivity index (χ0) is 17.1. The smallest absolute Gasteiger partial charge is 0.319 e. The number of anilines is 1. The number of likely N-dealkylation sites (tertiary alicyclic amines) is 1. The van der Waals surface area contributed by atoms with E-state index in [0.29, 0.717) is 18.7 Å². The van der Waals surface area contributed by atoms with Crippen LogP contribution in [0.25, 0.3) is 0 Å². The van der Waals surface area contributed by atoms with Crippen molar-refractivity contribution >= 4 is 17.6 Å². The van der Waals surface area contributed by atoms with E-state index in [4.69, 9.17) is 0 Å². The molecule has 2 heterocycles. The molecule has 1 aromatic carbocycles. The van der Waals surface area contributed by atoms with E-state index >= 15 is 0 Å². The van der Waals surface area contributed by atoms with Gasteiger partial charge in [0.25, 0.3) is 0 Å². The van der Waals surface area contributed by atoms with Crippen molar-refractivity contribution in [1.29, 1.82) is 0 Å². The summed E-state index contributed by atoms with van der Waals surface area (Å²) in [5.74, 6) is 0.146. The van der Waals surface area contributed by atoms with E-state index in [1.807, 2.05) is 37.4 Å². The Morgan fingerprint density at radius 3 is 2.71 bits per heavy atom. The SMILES string of the molecule is CN1C(=O)C[C@@H](CNC(=O)Nc2cnn(C)c2)[C@H]1c1ccccc1. The molecule has 0 saturated carbocycles. The first kappa shape index (κ1) is 16.0. The van der Waals surface area contributed by atoms with E-state index < -0.39 is 0 Å². The predicted octanol–water partition coefficient (Wildman–Crippen LogP) is 1.76. The molecule has 126 valence electrons. The summed E-state index contributed by atoms with van der Waals surface area (Å²) in [5, 5.41) is 9.59. The first-order chi connectivity index (χ1) is 11.5. The van der Waals surface area contributed by atoms with Crippen LogP contribution in [0.15, 0.2) is 42.7 Å². The molecule has 0 spiro atoms. The van der Waals surface area contributed by atoms with E-state index in [9.17, 15) is 9.59 Å². The van der Waals surface area contributed by atoms with Crippen molar-refractivity contribution in [2.75, 3.05) is 18.9 Å². The molecular weight excluding hydrogens is 306 g/mol. The molecule has 24 heavy (non-hydrogen) atoms. The highest BCUT2D eigenvalue weighted by molar-refractivity contribution is 5.89. The van der Waals surface area contributed by atoms with Crippen molar-refractivity contribution in [3.8, 4) is 0 Å². The van der Waals surface area contributed by atoms with Crippen LogP contribution in [0.3, 0.4) is 0 Å². The van der Waals surface area contributed by atoms with Gasteiger partial charge < -0.3 is 15.5 Å². The second-order valence-corrected chi connectivity index (χ2v) is 6.06. The summed E-state index contributed by atoms with van der Waals surface area (Å²) < 4.78 is 1.62. The molecule has 1 saturated heterocycles. The molecule has 0 bridgehead atoms. The summed E-state index contributed by atoms with van der Waals surface area (Å²) in [6.45, 7) is 0.432. The van der Waals surface area contributed by atoms with Gasteiger partial charge in [-0.25, -0.2) is 4.79 Å². The molecule has 0 radical (unpaired) electrons. The summed E-state index contributed by atoms with van der Waals surface area (Å²) in [5.41, 5.74) is 1.72. The number of nitrogens with zero attached hydrogens (tertiary/aromatic N) is 3. The highest BCUT2D eigenvalue weighted by atomic mass is 16.2. The van der Waals surface area contributed by atoms with Gasteiger partial charge in [-0.2, -0.15) is 5.10 Å². The van der Waals surface area contributed by atoms with Gasteiger partial charge in [0.2, 0.25) is 5.91 Å². The van der Waals surface area contributed by atoms with Crippen molar-refractivity contribution in [1.82, 2.24) is 20.0 Å². The molecule has 3 rings (SSSR count). The molecule has 2 N–H and O–H groups in total. The van der Waals surface area contributed by atoms with Gasteiger partial charge in [-0.05, 0) is 5.56 Å². The maximum Gasteiger partial charge on any atom is 0.319 e. The van der Waals surface area contributed by atoms with Crippen LogP contribution >= 0.6 is 0 Å². The minimum Gasteiger partial charge on any atom is -0.338 e. The van der Waals surface area contributed by atoms with Gasteiger partial charge in [-0.15, -0.1) is 0 Å². The number of benzene rings is 1. The molecule has 7 heteroatoms. The van der Waals surface area contributed by atoms with E-state index in [-0.39, 0.29) is 23.9 Å². The second-order valence-electron chi connectivity index (χ2n) is 6.06. The molecule has 1 aromatic heterocycles. The average Bonchev–Trinajstić information content (AvgIpc) is 3.10. The Hall–Kier alpha value is -2.83. The molecule has 0 unspecified atom stereocenters. The number of urea groups is 1. The predicted molar refractivity (Wildman–Crippen MR) is 90.3 cm³/mol. The van der Waals surface area contributed by atoms with Crippen LogP contribution in [0.2, 0.25) is 0 Å². The lowest BCUT2D eigenvalue weighted by molar-refractivity contribution is -0.127. The quantitative estimate of drug-likeness (QED) is 0.898. The molecule has 1 aliphatic rings. The Labute approximate surface area is 140 Å². The Morgan fingerprint density at radius 1 is 1.29 bits per heavy atom. The van der Waals surface area contributed by atoms with E-state index in [1.165, 1.54) is 0 Å². The number of carbonyl (C=O) groups excluding carboxylic acids is 2. The molecule has 2 atom stereocenters. The van der Waals surface area contributed by atoms with Crippen LogP contribution in [0.4, 0.5) is 10.5 Å². The molecule has 1 fully saturated rings. The van der Waals surface area contributed by atoms with Crippen LogP contribution in [0, 0.1) is 5.92 Å². The van der Waals surface area contributed by atoms with Crippen LogP contribution < -0.4 is 10.6 Å². The summed E-state index contributed by atoms with van der Waals surface area (Å²) in [4.78, 5) is 25.9. The first-order valence-electron chi connectivity index (χ1n) is 7.88. The van der Waals surface area contributed by atoms with Crippen LogP contribution in [0.1, 0.15) is 18.0 Å². The third-order valence-electron chi connectivity index (χ3n) is 4.32. The minimum atomic E-state index is -0.295. The highest BCUT2D eigenvalue weighted by Gasteiger charge is 2.38. The van der Waals surface area contributed by atoms with Gasteiger partial charge in [0.1, 0.15) is 0 Å². The zero-order valence-corrected chi connectivity index (χ0v) is 13.8. The normalized spacial score (nSPS) is 20.2. The number of hydrogen-bond acceptors (Lipinski definition) is 3. The number of aryl methyl sites for hydroxylation is 1. The lowest BCUT2D eigenvalue weighted by Crippen LogP contribution is -2.35. The van der Waals surface area contributed by atoms with Gasteiger partial charge >= 0.3 is 6.03 Å². The molecule has 0 aliphatic carbocycles. The Kier molecular flexibility index (Phi) is 4.50. The lowest BCUT2D eigenvalue weighted by atomic mass is 9.94. The standard InChI is InChI=1S/C17H21N5O2/c1-21-11-14(10-19-21)20-17(24)18-9-13-8-15(23)22(2)16(13)12-6-4-3-5-7-12/h3-7,10-11,13,16H,8-9H2,1-2H3,(H2,18,20,24)/t13-,16+/m0/s1. The molecule has 3 amide bonds. The molecule has 7 nitrogen and oxygen atoms in total. The van der Waals surface area contributed by atoms with Crippen molar-refractivity contribution in [3.63, 3.8) is 0 Å². The summed E-state index contributed by atoms with van der Waals surface area (Å²) >= 11 is 0. The number of rotatable bonds is 4. The van der Waals surface area contributed by atoms with Gasteiger partial charge in [0, 0.05) is 39.2 Å². The van der Waals surface area contributed by atoms with Gasteiger partial charge in [-0.1, -0.05) is 30.3 Å². The number of aromatic nitrogens is 2. The lowest BCUT2D eigenvalue weighted by Gasteiger charge is -2.25. The Bertz CT molecular complexity index is 728. The molecule has 2 aromatic rings. The van der Waals surface area contributed by atoms with Crippen LogP contribution in [-0.4, -0.2) is 40.2 Å². The summed E-state index contributed by atoms with van der Waals surface area (Å²) in [7, 11) is 3.60. The van der Waals surface area contributed by atoms with Crippen molar-refractivity contribution in [3.05, 3.63) is 48.3 Å². The van der Waals surface area contributed by atoms with E-state index in [0.717, 1.165) is 5.56 Å². The monoisotopic (exact) mass is 327 g/mol. The summed E-state index contributed by atoms with van der Waals surface area (Å²) in [6, 6.07) is 9.60. The number of nitrogens with one attached hydrogen (secondary N) is 2. The van der Waals surface area contributed by atoms with E-state index in [2.05, 4.69) is 15.7 Å². The molecule has 1 aliphatic heterocycles. The first-order valence-corrected chi connectivity index (χ1v) is 7.88. The third-order valence-corrected chi connectivity index (χ3v) is 4.32.